The van der Waals surface area contributed by atoms with Crippen molar-refractivity contribution in [2.24, 2.45) is 0 Å². The summed E-state index contributed by atoms with van der Waals surface area (Å²) in [7, 11) is 0. The summed E-state index contributed by atoms with van der Waals surface area (Å²) in [6, 6.07) is 14.2. The fraction of sp³-hybridized carbons (Fsp3) is 0.250. The van der Waals surface area contributed by atoms with E-state index in [1.807, 2.05) is 38.1 Å². The summed E-state index contributed by atoms with van der Waals surface area (Å²) in [5.74, 6) is -0.222. The van der Waals surface area contributed by atoms with Crippen molar-refractivity contribution in [2.75, 3.05) is 18.5 Å². The summed E-state index contributed by atoms with van der Waals surface area (Å²) in [6.45, 7) is 3.70. The summed E-state index contributed by atoms with van der Waals surface area (Å²) in [5, 5.41) is 11.3. The number of aryl methyl sites for hydroxylation is 2. The van der Waals surface area contributed by atoms with E-state index in [-0.39, 0.29) is 19.6 Å². The van der Waals surface area contributed by atoms with E-state index >= 15 is 0 Å². The van der Waals surface area contributed by atoms with Crippen molar-refractivity contribution in [3.63, 3.8) is 0 Å². The Morgan fingerprint density at radius 2 is 1.85 bits per heavy atom. The maximum atomic E-state index is 11.8. The molecule has 0 aromatic heterocycles. The first-order valence-electron chi connectivity index (χ1n) is 8.13. The molecule has 0 saturated carbocycles. The molecule has 26 heavy (non-hydrogen) atoms. The third-order valence-electron chi connectivity index (χ3n) is 3.57. The summed E-state index contributed by atoms with van der Waals surface area (Å²) in [5.41, 5.74) is 3.10. The number of amides is 1. The van der Waals surface area contributed by atoms with Crippen LogP contribution in [0.4, 0.5) is 5.69 Å². The number of hydrogen-bond donors (Lipinski definition) is 1. The second kappa shape index (κ2) is 9.23. The molecule has 0 radical (unpaired) electrons. The molecule has 0 saturated heterocycles. The largest absolute Gasteiger partial charge is 0.493 e. The highest BCUT2D eigenvalue weighted by Gasteiger charge is 2.09. The van der Waals surface area contributed by atoms with Crippen molar-refractivity contribution in [1.82, 2.24) is 0 Å². The van der Waals surface area contributed by atoms with Crippen LogP contribution in [0.2, 0.25) is 0 Å². The summed E-state index contributed by atoms with van der Waals surface area (Å²) < 4.78 is 10.5. The summed E-state index contributed by atoms with van der Waals surface area (Å²) >= 11 is 0. The lowest BCUT2D eigenvalue weighted by molar-refractivity contribution is -0.147. The maximum Gasteiger partial charge on any atom is 0.309 e. The van der Waals surface area contributed by atoms with Crippen molar-refractivity contribution in [3.8, 4) is 11.8 Å². The van der Waals surface area contributed by atoms with Crippen LogP contribution >= 0.6 is 0 Å². The zero-order chi connectivity index (χ0) is 18.9. The van der Waals surface area contributed by atoms with E-state index in [1.165, 1.54) is 0 Å². The number of esters is 1. The van der Waals surface area contributed by atoms with Crippen molar-refractivity contribution in [3.05, 3.63) is 59.2 Å². The minimum absolute atomic E-state index is 0.0531. The van der Waals surface area contributed by atoms with Gasteiger partial charge in [-0.15, -0.1) is 0 Å². The van der Waals surface area contributed by atoms with E-state index in [0.29, 0.717) is 11.3 Å². The predicted molar refractivity (Wildman–Crippen MR) is 96.8 cm³/mol. The third kappa shape index (κ3) is 5.95. The maximum absolute atomic E-state index is 11.8. The van der Waals surface area contributed by atoms with Crippen molar-refractivity contribution in [1.29, 1.82) is 5.26 Å². The number of nitrogens with zero attached hydrogens (tertiary/aromatic N) is 1. The minimum atomic E-state index is -0.509. The molecular formula is C20H20N2O4. The zero-order valence-corrected chi connectivity index (χ0v) is 14.7. The van der Waals surface area contributed by atoms with Crippen LogP contribution in [-0.2, 0) is 14.3 Å². The number of nitrogens with one attached hydrogen (secondary N) is 1. The van der Waals surface area contributed by atoms with Gasteiger partial charge in [0.05, 0.1) is 24.7 Å². The Morgan fingerprint density at radius 3 is 2.54 bits per heavy atom. The first-order valence-corrected chi connectivity index (χ1v) is 8.13. The van der Waals surface area contributed by atoms with Gasteiger partial charge in [0.25, 0.3) is 5.91 Å². The van der Waals surface area contributed by atoms with Crippen LogP contribution in [0.3, 0.4) is 0 Å². The number of anilines is 1. The molecule has 0 aliphatic carbocycles. The van der Waals surface area contributed by atoms with E-state index in [4.69, 9.17) is 14.7 Å². The fourth-order valence-corrected chi connectivity index (χ4v) is 2.15. The monoisotopic (exact) mass is 352 g/mol. The Labute approximate surface area is 152 Å². The predicted octanol–water partition coefficient (Wildman–Crippen LogP) is 3.13. The number of nitriles is 1. The number of ether oxygens (including phenoxy) is 2. The van der Waals surface area contributed by atoms with Gasteiger partial charge >= 0.3 is 5.97 Å². The molecule has 6 heteroatoms. The summed E-state index contributed by atoms with van der Waals surface area (Å²) in [4.78, 5) is 23.5. The molecule has 1 N–H and O–H groups in total. The molecule has 0 unspecified atom stereocenters. The Balaban J connectivity index is 1.70. The van der Waals surface area contributed by atoms with E-state index in [0.717, 1.165) is 16.9 Å². The van der Waals surface area contributed by atoms with Crippen LogP contribution in [-0.4, -0.2) is 25.1 Å². The Kier molecular flexibility index (Phi) is 6.75. The van der Waals surface area contributed by atoms with E-state index in [2.05, 4.69) is 5.32 Å². The van der Waals surface area contributed by atoms with Gasteiger partial charge in [-0.2, -0.15) is 5.26 Å². The van der Waals surface area contributed by atoms with Crippen LogP contribution in [0.25, 0.3) is 0 Å². The first kappa shape index (κ1) is 19.0. The smallest absolute Gasteiger partial charge is 0.309 e. The van der Waals surface area contributed by atoms with E-state index < -0.39 is 11.9 Å². The molecule has 0 aliphatic rings. The van der Waals surface area contributed by atoms with Crippen molar-refractivity contribution in [2.45, 2.75) is 20.3 Å². The Hall–Kier alpha value is -3.33. The van der Waals surface area contributed by atoms with Crippen LogP contribution in [0, 0.1) is 25.2 Å². The highest BCUT2D eigenvalue weighted by Crippen LogP contribution is 2.19. The molecule has 0 fully saturated rings. The Bertz CT molecular complexity index is 823. The lowest BCUT2D eigenvalue weighted by Gasteiger charge is -2.10. The molecule has 2 aromatic rings. The molecule has 134 valence electrons. The molecule has 0 bridgehead atoms. The SMILES string of the molecule is Cc1ccc(C)c(OCCC(=O)OCC(=O)Nc2ccc(C#N)cc2)c1. The normalized spacial score (nSPS) is 9.88. The number of rotatable bonds is 7. The van der Waals surface area contributed by atoms with Crippen molar-refractivity contribution >= 4 is 17.6 Å². The highest BCUT2D eigenvalue weighted by molar-refractivity contribution is 5.92. The van der Waals surface area contributed by atoms with E-state index in [1.54, 1.807) is 24.3 Å². The molecule has 0 aliphatic heterocycles. The van der Waals surface area contributed by atoms with Crippen LogP contribution in [0.15, 0.2) is 42.5 Å². The molecule has 1 amide bonds. The molecular weight excluding hydrogens is 332 g/mol. The number of carbonyl (C=O) groups is 2. The first-order chi connectivity index (χ1) is 12.5. The molecule has 6 nitrogen and oxygen atoms in total. The molecule has 2 rings (SSSR count). The minimum Gasteiger partial charge on any atom is -0.493 e. The van der Waals surface area contributed by atoms with Gasteiger partial charge in [-0.05, 0) is 55.3 Å². The van der Waals surface area contributed by atoms with Crippen LogP contribution < -0.4 is 10.1 Å². The number of carbonyl (C=O) groups excluding carboxylic acids is 2. The van der Waals surface area contributed by atoms with Crippen LogP contribution in [0.5, 0.6) is 5.75 Å². The fourth-order valence-electron chi connectivity index (χ4n) is 2.15. The summed E-state index contributed by atoms with van der Waals surface area (Å²) in [6.07, 6.45) is 0.0531. The van der Waals surface area contributed by atoms with Gasteiger partial charge in [-0.3, -0.25) is 9.59 Å². The average molecular weight is 352 g/mol. The molecule has 0 spiro atoms. The second-order valence-electron chi connectivity index (χ2n) is 5.77. The molecule has 0 heterocycles. The van der Waals surface area contributed by atoms with Gasteiger partial charge in [0.15, 0.2) is 6.61 Å². The van der Waals surface area contributed by atoms with Crippen LogP contribution in [0.1, 0.15) is 23.1 Å². The topological polar surface area (TPSA) is 88.4 Å². The van der Waals surface area contributed by atoms with Gasteiger partial charge in [0.1, 0.15) is 5.75 Å². The number of hydrogen-bond acceptors (Lipinski definition) is 5. The van der Waals surface area contributed by atoms with Gasteiger partial charge < -0.3 is 14.8 Å². The Morgan fingerprint density at radius 1 is 1.12 bits per heavy atom. The second-order valence-corrected chi connectivity index (χ2v) is 5.77. The van der Waals surface area contributed by atoms with Gasteiger partial charge in [0, 0.05) is 5.69 Å². The van der Waals surface area contributed by atoms with Crippen molar-refractivity contribution < 1.29 is 19.1 Å². The standard InChI is InChI=1S/C20H20N2O4/c1-14-3-4-15(2)18(11-14)25-10-9-20(24)26-13-19(23)22-17-7-5-16(12-21)6-8-17/h3-8,11H,9-10,13H2,1-2H3,(H,22,23). The number of benzene rings is 2. The molecule has 0 atom stereocenters. The quantitative estimate of drug-likeness (QED) is 0.774. The highest BCUT2D eigenvalue weighted by atomic mass is 16.5. The lowest BCUT2D eigenvalue weighted by atomic mass is 10.1. The third-order valence-corrected chi connectivity index (χ3v) is 3.57. The lowest BCUT2D eigenvalue weighted by Crippen LogP contribution is -2.21. The van der Waals surface area contributed by atoms with Gasteiger partial charge in [-0.1, -0.05) is 12.1 Å². The van der Waals surface area contributed by atoms with Gasteiger partial charge in [-0.25, -0.2) is 0 Å². The average Bonchev–Trinajstić information content (AvgIpc) is 2.63. The van der Waals surface area contributed by atoms with Gasteiger partial charge in [0.2, 0.25) is 0 Å². The van der Waals surface area contributed by atoms with E-state index in [9.17, 15) is 9.59 Å². The molecule has 2 aromatic carbocycles. The zero-order valence-electron chi connectivity index (χ0n) is 14.7.